The van der Waals surface area contributed by atoms with E-state index in [4.69, 9.17) is 9.26 Å². The van der Waals surface area contributed by atoms with E-state index >= 15 is 0 Å². The number of ether oxygens (including phenoxy) is 1. The van der Waals surface area contributed by atoms with Crippen LogP contribution in [0.3, 0.4) is 0 Å². The van der Waals surface area contributed by atoms with Crippen molar-refractivity contribution in [1.29, 1.82) is 0 Å². The lowest BCUT2D eigenvalue weighted by atomic mass is 10.0. The fraction of sp³-hybridized carbons (Fsp3) is 0.130. The van der Waals surface area contributed by atoms with E-state index in [-0.39, 0.29) is 12.5 Å². The summed E-state index contributed by atoms with van der Waals surface area (Å²) in [6, 6.07) is 23.1. The molecule has 0 aliphatic carbocycles. The average Bonchev–Trinajstić information content (AvgIpc) is 3.22. The maximum Gasteiger partial charge on any atom is 0.256 e. The summed E-state index contributed by atoms with van der Waals surface area (Å²) in [4.78, 5) is 13.0. The molecule has 0 radical (unpaired) electrons. The van der Waals surface area contributed by atoms with Gasteiger partial charge in [-0.3, -0.25) is 4.79 Å². The minimum atomic E-state index is -0.204. The number of carbonyl (C=O) groups excluding carboxylic acids is 1. The van der Waals surface area contributed by atoms with Crippen molar-refractivity contribution in [2.75, 3.05) is 6.61 Å². The van der Waals surface area contributed by atoms with Crippen LogP contribution in [-0.2, 0) is 6.54 Å². The Kier molecular flexibility index (Phi) is 5.06. The zero-order chi connectivity index (χ0) is 19.3. The standard InChI is InChI=1S/C23H20N2O3/c1-2-27-20-13-12-16-8-6-7-11-19(16)22(20)23(26)24-15-18-14-21(28-25-18)17-9-4-3-5-10-17/h3-14H,2,15H2,1H3,(H,24,26). The van der Waals surface area contributed by atoms with Gasteiger partial charge in [0.1, 0.15) is 11.4 Å². The van der Waals surface area contributed by atoms with Crippen LogP contribution in [-0.4, -0.2) is 17.7 Å². The van der Waals surface area contributed by atoms with Crippen LogP contribution >= 0.6 is 0 Å². The molecule has 0 spiro atoms. The van der Waals surface area contributed by atoms with E-state index in [1.54, 1.807) is 0 Å². The lowest BCUT2D eigenvalue weighted by molar-refractivity contribution is 0.0948. The Balaban J connectivity index is 1.56. The van der Waals surface area contributed by atoms with Crippen molar-refractivity contribution in [3.05, 3.63) is 84.1 Å². The van der Waals surface area contributed by atoms with Crippen molar-refractivity contribution in [2.45, 2.75) is 13.5 Å². The molecule has 0 unspecified atom stereocenters. The van der Waals surface area contributed by atoms with Gasteiger partial charge in [-0.2, -0.15) is 0 Å². The van der Waals surface area contributed by atoms with Crippen molar-refractivity contribution in [2.24, 2.45) is 0 Å². The van der Waals surface area contributed by atoms with Gasteiger partial charge in [0.15, 0.2) is 5.76 Å². The van der Waals surface area contributed by atoms with Gasteiger partial charge in [0, 0.05) is 11.6 Å². The van der Waals surface area contributed by atoms with Crippen LogP contribution < -0.4 is 10.1 Å². The smallest absolute Gasteiger partial charge is 0.256 e. The molecule has 1 heterocycles. The van der Waals surface area contributed by atoms with Crippen molar-refractivity contribution < 1.29 is 14.1 Å². The Morgan fingerprint density at radius 1 is 1.04 bits per heavy atom. The van der Waals surface area contributed by atoms with Crippen LogP contribution in [0.1, 0.15) is 23.0 Å². The second kappa shape index (κ2) is 7.96. The molecule has 5 nitrogen and oxygen atoms in total. The van der Waals surface area contributed by atoms with Crippen LogP contribution in [0.15, 0.2) is 77.3 Å². The third kappa shape index (κ3) is 3.60. The van der Waals surface area contributed by atoms with Crippen molar-refractivity contribution in [3.63, 3.8) is 0 Å². The topological polar surface area (TPSA) is 64.4 Å². The molecule has 0 aliphatic heterocycles. The van der Waals surface area contributed by atoms with E-state index in [0.717, 1.165) is 16.3 Å². The highest BCUT2D eigenvalue weighted by atomic mass is 16.5. The van der Waals surface area contributed by atoms with E-state index < -0.39 is 0 Å². The first kappa shape index (κ1) is 17.8. The predicted molar refractivity (Wildman–Crippen MR) is 108 cm³/mol. The SMILES string of the molecule is CCOc1ccc2ccccc2c1C(=O)NCc1cc(-c2ccccc2)on1. The molecule has 140 valence electrons. The van der Waals surface area contributed by atoms with E-state index in [9.17, 15) is 4.79 Å². The van der Waals surface area contributed by atoms with Gasteiger partial charge >= 0.3 is 0 Å². The number of nitrogens with zero attached hydrogens (tertiary/aromatic N) is 1. The minimum Gasteiger partial charge on any atom is -0.493 e. The Bertz CT molecular complexity index is 1100. The normalized spacial score (nSPS) is 10.8. The summed E-state index contributed by atoms with van der Waals surface area (Å²) < 4.78 is 11.1. The second-order valence-corrected chi connectivity index (χ2v) is 6.32. The van der Waals surface area contributed by atoms with E-state index in [1.165, 1.54) is 0 Å². The van der Waals surface area contributed by atoms with Crippen LogP contribution in [0.2, 0.25) is 0 Å². The molecule has 4 aromatic rings. The summed E-state index contributed by atoms with van der Waals surface area (Å²) in [5, 5.41) is 8.84. The van der Waals surface area contributed by atoms with Gasteiger partial charge in [-0.1, -0.05) is 65.8 Å². The molecule has 5 heteroatoms. The minimum absolute atomic E-state index is 0.204. The molecule has 0 atom stereocenters. The summed E-state index contributed by atoms with van der Waals surface area (Å²) in [6.45, 7) is 2.66. The summed E-state index contributed by atoms with van der Waals surface area (Å²) in [5.74, 6) is 1.04. The fourth-order valence-electron chi connectivity index (χ4n) is 3.15. The van der Waals surface area contributed by atoms with Crippen LogP contribution in [0.5, 0.6) is 5.75 Å². The first-order valence-electron chi connectivity index (χ1n) is 9.20. The third-order valence-corrected chi connectivity index (χ3v) is 4.47. The van der Waals surface area contributed by atoms with Gasteiger partial charge in [-0.15, -0.1) is 0 Å². The van der Waals surface area contributed by atoms with E-state index in [0.29, 0.717) is 29.4 Å². The highest BCUT2D eigenvalue weighted by Gasteiger charge is 2.17. The Hall–Kier alpha value is -3.60. The predicted octanol–water partition coefficient (Wildman–Crippen LogP) is 4.82. The maximum absolute atomic E-state index is 13.0. The van der Waals surface area contributed by atoms with Crippen LogP contribution in [0.25, 0.3) is 22.1 Å². The number of aromatic nitrogens is 1. The number of nitrogens with one attached hydrogen (secondary N) is 1. The van der Waals surface area contributed by atoms with E-state index in [2.05, 4.69) is 10.5 Å². The molecule has 4 rings (SSSR count). The molecule has 3 aromatic carbocycles. The van der Waals surface area contributed by atoms with Gasteiger partial charge in [0.2, 0.25) is 0 Å². The third-order valence-electron chi connectivity index (χ3n) is 4.47. The highest BCUT2D eigenvalue weighted by Crippen LogP contribution is 2.28. The Morgan fingerprint density at radius 3 is 2.64 bits per heavy atom. The second-order valence-electron chi connectivity index (χ2n) is 6.32. The largest absolute Gasteiger partial charge is 0.493 e. The number of amides is 1. The molecule has 0 saturated carbocycles. The fourth-order valence-corrected chi connectivity index (χ4v) is 3.15. The van der Waals surface area contributed by atoms with Gasteiger partial charge in [0.25, 0.3) is 5.91 Å². The summed E-state index contributed by atoms with van der Waals surface area (Å²) in [7, 11) is 0. The number of hydrogen-bond acceptors (Lipinski definition) is 4. The van der Waals surface area contributed by atoms with Gasteiger partial charge in [-0.25, -0.2) is 0 Å². The van der Waals surface area contributed by atoms with E-state index in [1.807, 2.05) is 79.7 Å². The number of fused-ring (bicyclic) bond motifs is 1. The number of rotatable bonds is 6. The molecule has 1 aromatic heterocycles. The molecular weight excluding hydrogens is 352 g/mol. The van der Waals surface area contributed by atoms with Crippen molar-refractivity contribution >= 4 is 16.7 Å². The highest BCUT2D eigenvalue weighted by molar-refractivity contribution is 6.09. The van der Waals surface area contributed by atoms with Gasteiger partial charge < -0.3 is 14.6 Å². The summed E-state index contributed by atoms with van der Waals surface area (Å²) in [5.41, 5.74) is 2.14. The Morgan fingerprint density at radius 2 is 1.82 bits per heavy atom. The van der Waals surface area contributed by atoms with Crippen LogP contribution in [0, 0.1) is 0 Å². The number of carbonyl (C=O) groups is 1. The molecule has 0 saturated heterocycles. The molecule has 0 bridgehead atoms. The zero-order valence-electron chi connectivity index (χ0n) is 15.5. The van der Waals surface area contributed by atoms with Crippen molar-refractivity contribution in [1.82, 2.24) is 10.5 Å². The summed E-state index contributed by atoms with van der Waals surface area (Å²) >= 11 is 0. The molecule has 0 aliphatic rings. The maximum atomic E-state index is 13.0. The first-order valence-corrected chi connectivity index (χ1v) is 9.20. The molecule has 0 fully saturated rings. The number of benzene rings is 3. The number of hydrogen-bond donors (Lipinski definition) is 1. The summed E-state index contributed by atoms with van der Waals surface area (Å²) in [6.07, 6.45) is 0. The monoisotopic (exact) mass is 372 g/mol. The van der Waals surface area contributed by atoms with Crippen LogP contribution in [0.4, 0.5) is 0 Å². The molecule has 1 amide bonds. The average molecular weight is 372 g/mol. The zero-order valence-corrected chi connectivity index (χ0v) is 15.5. The van der Waals surface area contributed by atoms with Gasteiger partial charge in [-0.05, 0) is 23.8 Å². The molecule has 28 heavy (non-hydrogen) atoms. The Labute approximate surface area is 162 Å². The quantitative estimate of drug-likeness (QED) is 0.527. The molecule has 1 N–H and O–H groups in total. The van der Waals surface area contributed by atoms with Gasteiger partial charge in [0.05, 0.1) is 18.7 Å². The lowest BCUT2D eigenvalue weighted by Gasteiger charge is -2.13. The lowest BCUT2D eigenvalue weighted by Crippen LogP contribution is -2.24. The van der Waals surface area contributed by atoms with Crippen molar-refractivity contribution in [3.8, 4) is 17.1 Å². The first-order chi connectivity index (χ1) is 13.8. The molecular formula is C23H20N2O3.